The zero-order chi connectivity index (χ0) is 21.9. The van der Waals surface area contributed by atoms with E-state index < -0.39 is 0 Å². The van der Waals surface area contributed by atoms with Gasteiger partial charge in [-0.3, -0.25) is 9.78 Å². The van der Waals surface area contributed by atoms with Crippen molar-refractivity contribution in [2.75, 3.05) is 13.7 Å². The second kappa shape index (κ2) is 11.9. The standard InChI is InChI=1S/C27H32N2O2/c1-3-4-10-23-19-24(13-16-26(23)22-11-14-25(31-2)15-12-22)27(30)29-18-6-5-8-21-9-7-17-28-20-21/h7,9,11-17,19-20H,3-6,8,10,18H2,1-2H3,(H,29,30). The monoisotopic (exact) mass is 416 g/mol. The van der Waals surface area contributed by atoms with Crippen LogP contribution in [0.25, 0.3) is 11.1 Å². The van der Waals surface area contributed by atoms with Crippen molar-refractivity contribution in [3.05, 3.63) is 83.7 Å². The Bertz CT molecular complexity index is 953. The molecule has 0 saturated heterocycles. The molecule has 0 aliphatic heterocycles. The smallest absolute Gasteiger partial charge is 0.251 e. The number of amides is 1. The van der Waals surface area contributed by atoms with E-state index in [0.29, 0.717) is 6.54 Å². The summed E-state index contributed by atoms with van der Waals surface area (Å²) in [5.41, 5.74) is 5.52. The predicted octanol–water partition coefficient (Wildman–Crippen LogP) is 5.85. The maximum absolute atomic E-state index is 12.7. The zero-order valence-corrected chi connectivity index (χ0v) is 18.6. The van der Waals surface area contributed by atoms with Gasteiger partial charge in [-0.1, -0.05) is 37.6 Å². The molecule has 31 heavy (non-hydrogen) atoms. The van der Waals surface area contributed by atoms with Gasteiger partial charge < -0.3 is 10.1 Å². The number of ether oxygens (including phenoxy) is 1. The van der Waals surface area contributed by atoms with Gasteiger partial charge >= 0.3 is 0 Å². The fraction of sp³-hybridized carbons (Fsp3) is 0.333. The second-order valence-corrected chi connectivity index (χ2v) is 7.78. The van der Waals surface area contributed by atoms with Gasteiger partial charge in [0, 0.05) is 24.5 Å². The lowest BCUT2D eigenvalue weighted by molar-refractivity contribution is 0.0953. The molecule has 2 aromatic carbocycles. The third-order valence-electron chi connectivity index (χ3n) is 5.47. The molecule has 1 N–H and O–H groups in total. The highest BCUT2D eigenvalue weighted by Gasteiger charge is 2.11. The van der Waals surface area contributed by atoms with Gasteiger partial charge in [0.1, 0.15) is 5.75 Å². The SMILES string of the molecule is CCCCc1cc(C(=O)NCCCCc2cccnc2)ccc1-c1ccc(OC)cc1. The Hall–Kier alpha value is -3.14. The average Bonchev–Trinajstić information content (AvgIpc) is 2.83. The Balaban J connectivity index is 1.61. The number of benzene rings is 2. The van der Waals surface area contributed by atoms with E-state index in [2.05, 4.69) is 47.6 Å². The first-order valence-corrected chi connectivity index (χ1v) is 11.2. The Morgan fingerprint density at radius 3 is 2.55 bits per heavy atom. The first kappa shape index (κ1) is 22.5. The molecule has 0 saturated carbocycles. The molecular formula is C27H32N2O2. The molecule has 0 unspecified atom stereocenters. The number of hydrogen-bond donors (Lipinski definition) is 1. The molecule has 0 aliphatic rings. The molecule has 162 valence electrons. The van der Waals surface area contributed by atoms with Crippen molar-refractivity contribution in [2.24, 2.45) is 0 Å². The highest BCUT2D eigenvalue weighted by atomic mass is 16.5. The number of carbonyl (C=O) groups excluding carboxylic acids is 1. The number of aromatic nitrogens is 1. The molecule has 3 aromatic rings. The van der Waals surface area contributed by atoms with Crippen molar-refractivity contribution in [3.8, 4) is 16.9 Å². The quantitative estimate of drug-likeness (QED) is 0.399. The van der Waals surface area contributed by atoms with E-state index in [9.17, 15) is 4.79 Å². The topological polar surface area (TPSA) is 51.2 Å². The summed E-state index contributed by atoms with van der Waals surface area (Å²) in [5, 5.41) is 3.07. The van der Waals surface area contributed by atoms with Crippen LogP contribution in [0.1, 0.15) is 54.1 Å². The largest absolute Gasteiger partial charge is 0.497 e. The predicted molar refractivity (Wildman–Crippen MR) is 127 cm³/mol. The first-order chi connectivity index (χ1) is 15.2. The van der Waals surface area contributed by atoms with Gasteiger partial charge in [0.15, 0.2) is 0 Å². The van der Waals surface area contributed by atoms with Crippen LogP contribution >= 0.6 is 0 Å². The van der Waals surface area contributed by atoms with Crippen molar-refractivity contribution in [3.63, 3.8) is 0 Å². The number of methoxy groups -OCH3 is 1. The van der Waals surface area contributed by atoms with E-state index in [1.165, 1.54) is 16.7 Å². The summed E-state index contributed by atoms with van der Waals surface area (Å²) in [6.45, 7) is 2.87. The number of nitrogens with zero attached hydrogens (tertiary/aromatic N) is 1. The van der Waals surface area contributed by atoms with Crippen LogP contribution in [0.15, 0.2) is 67.0 Å². The fourth-order valence-corrected chi connectivity index (χ4v) is 3.67. The van der Waals surface area contributed by atoms with Crippen molar-refractivity contribution >= 4 is 5.91 Å². The van der Waals surface area contributed by atoms with Crippen LogP contribution in [0.4, 0.5) is 0 Å². The summed E-state index contributed by atoms with van der Waals surface area (Å²) in [7, 11) is 1.67. The molecule has 0 atom stereocenters. The van der Waals surface area contributed by atoms with Crippen LogP contribution in [-0.4, -0.2) is 24.5 Å². The summed E-state index contributed by atoms with van der Waals surface area (Å²) in [5.74, 6) is 0.846. The summed E-state index contributed by atoms with van der Waals surface area (Å²) in [6.07, 6.45) is 9.85. The minimum Gasteiger partial charge on any atom is -0.497 e. The molecule has 1 amide bonds. The Morgan fingerprint density at radius 2 is 1.84 bits per heavy atom. The van der Waals surface area contributed by atoms with Crippen molar-refractivity contribution in [1.29, 1.82) is 0 Å². The lowest BCUT2D eigenvalue weighted by Crippen LogP contribution is -2.24. The van der Waals surface area contributed by atoms with Gasteiger partial charge in [-0.15, -0.1) is 0 Å². The van der Waals surface area contributed by atoms with Crippen LogP contribution in [0.3, 0.4) is 0 Å². The number of hydrogen-bond acceptors (Lipinski definition) is 3. The van der Waals surface area contributed by atoms with Gasteiger partial charge in [0.25, 0.3) is 5.91 Å². The van der Waals surface area contributed by atoms with Crippen LogP contribution in [0.2, 0.25) is 0 Å². The van der Waals surface area contributed by atoms with Crippen LogP contribution < -0.4 is 10.1 Å². The molecule has 1 heterocycles. The molecule has 0 bridgehead atoms. The molecular weight excluding hydrogens is 384 g/mol. The molecule has 0 spiro atoms. The van der Waals surface area contributed by atoms with Crippen LogP contribution in [0, 0.1) is 0 Å². The highest BCUT2D eigenvalue weighted by Crippen LogP contribution is 2.28. The Morgan fingerprint density at radius 1 is 1.00 bits per heavy atom. The van der Waals surface area contributed by atoms with E-state index >= 15 is 0 Å². The average molecular weight is 417 g/mol. The molecule has 4 nitrogen and oxygen atoms in total. The van der Waals surface area contributed by atoms with Crippen LogP contribution in [0.5, 0.6) is 5.75 Å². The zero-order valence-electron chi connectivity index (χ0n) is 18.6. The number of pyridine rings is 1. The van der Waals surface area contributed by atoms with E-state index in [1.807, 2.05) is 30.5 Å². The third-order valence-corrected chi connectivity index (χ3v) is 5.47. The molecule has 0 fully saturated rings. The number of unbranched alkanes of at least 4 members (excludes halogenated alkanes) is 2. The maximum atomic E-state index is 12.7. The molecule has 3 rings (SSSR count). The summed E-state index contributed by atoms with van der Waals surface area (Å²) in [6, 6.07) is 18.2. The van der Waals surface area contributed by atoms with Gasteiger partial charge in [-0.25, -0.2) is 0 Å². The van der Waals surface area contributed by atoms with Crippen molar-refractivity contribution in [2.45, 2.75) is 45.4 Å². The molecule has 4 heteroatoms. The second-order valence-electron chi connectivity index (χ2n) is 7.78. The number of nitrogens with one attached hydrogen (secondary N) is 1. The molecule has 0 aliphatic carbocycles. The minimum absolute atomic E-state index is 0.000377. The van der Waals surface area contributed by atoms with Gasteiger partial charge in [-0.05, 0) is 84.7 Å². The minimum atomic E-state index is 0.000377. The first-order valence-electron chi connectivity index (χ1n) is 11.2. The fourth-order valence-electron chi connectivity index (χ4n) is 3.67. The Kier molecular flexibility index (Phi) is 8.65. The summed E-state index contributed by atoms with van der Waals surface area (Å²) in [4.78, 5) is 16.8. The van der Waals surface area contributed by atoms with E-state index in [-0.39, 0.29) is 5.91 Å². The van der Waals surface area contributed by atoms with Gasteiger partial charge in [0.05, 0.1) is 7.11 Å². The van der Waals surface area contributed by atoms with Crippen LogP contribution in [-0.2, 0) is 12.8 Å². The summed E-state index contributed by atoms with van der Waals surface area (Å²) >= 11 is 0. The molecule has 0 radical (unpaired) electrons. The number of aryl methyl sites for hydroxylation is 2. The molecule has 1 aromatic heterocycles. The van der Waals surface area contributed by atoms with Gasteiger partial charge in [0.2, 0.25) is 0 Å². The normalized spacial score (nSPS) is 10.6. The lowest BCUT2D eigenvalue weighted by Gasteiger charge is -2.13. The number of rotatable bonds is 11. The number of carbonyl (C=O) groups is 1. The van der Waals surface area contributed by atoms with E-state index in [0.717, 1.165) is 55.4 Å². The summed E-state index contributed by atoms with van der Waals surface area (Å²) < 4.78 is 5.27. The van der Waals surface area contributed by atoms with Crippen molar-refractivity contribution < 1.29 is 9.53 Å². The van der Waals surface area contributed by atoms with E-state index in [1.54, 1.807) is 13.3 Å². The highest BCUT2D eigenvalue weighted by molar-refractivity contribution is 5.95. The van der Waals surface area contributed by atoms with E-state index in [4.69, 9.17) is 4.74 Å². The third kappa shape index (κ3) is 6.68. The van der Waals surface area contributed by atoms with Gasteiger partial charge in [-0.2, -0.15) is 0 Å². The van der Waals surface area contributed by atoms with Crippen molar-refractivity contribution in [1.82, 2.24) is 10.3 Å². The maximum Gasteiger partial charge on any atom is 0.251 e. The lowest BCUT2D eigenvalue weighted by atomic mass is 9.94. The Labute approximate surface area is 185 Å².